The average molecular weight is 229 g/mol. The second-order valence-electron chi connectivity index (χ2n) is 4.04. The van der Waals surface area contributed by atoms with Crippen molar-refractivity contribution in [3.05, 3.63) is 0 Å². The Labute approximate surface area is 95.5 Å². The number of hydrogen-bond acceptors (Lipinski definition) is 4. The van der Waals surface area contributed by atoms with Crippen LogP contribution in [0.1, 0.15) is 27.2 Å². The zero-order valence-electron chi connectivity index (χ0n) is 9.99. The van der Waals surface area contributed by atoms with Crippen LogP contribution in [0.4, 0.5) is 0 Å². The van der Waals surface area contributed by atoms with Gasteiger partial charge in [0.05, 0.1) is 6.61 Å². The minimum atomic E-state index is -0.621. The zero-order chi connectivity index (χ0) is 12.1. The Bertz CT molecular complexity index is 267. The molecule has 0 spiro atoms. The van der Waals surface area contributed by atoms with Gasteiger partial charge in [0, 0.05) is 6.61 Å². The lowest BCUT2D eigenvalue weighted by Crippen LogP contribution is -2.45. The molecule has 0 radical (unpaired) electrons. The van der Waals surface area contributed by atoms with Gasteiger partial charge in [-0.3, -0.25) is 4.79 Å². The van der Waals surface area contributed by atoms with Gasteiger partial charge in [0.25, 0.3) is 0 Å². The second kappa shape index (κ2) is 5.84. The van der Waals surface area contributed by atoms with Crippen LogP contribution in [0.15, 0.2) is 0 Å². The van der Waals surface area contributed by atoms with E-state index in [0.717, 1.165) is 6.42 Å². The molecule has 16 heavy (non-hydrogen) atoms. The summed E-state index contributed by atoms with van der Waals surface area (Å²) >= 11 is 0. The van der Waals surface area contributed by atoms with Crippen LogP contribution < -0.4 is 5.32 Å². The summed E-state index contributed by atoms with van der Waals surface area (Å²) in [5, 5.41) is 2.60. The van der Waals surface area contributed by atoms with Gasteiger partial charge >= 0.3 is 5.97 Å². The van der Waals surface area contributed by atoms with Crippen LogP contribution in [0.5, 0.6) is 0 Å². The van der Waals surface area contributed by atoms with Crippen molar-refractivity contribution in [3.63, 3.8) is 0 Å². The maximum absolute atomic E-state index is 11.7. The van der Waals surface area contributed by atoms with Crippen molar-refractivity contribution in [2.45, 2.75) is 39.3 Å². The third-order valence-corrected chi connectivity index (χ3v) is 2.64. The smallest absolute Gasteiger partial charge is 0.328 e. The Hall–Kier alpha value is -1.10. The number of carbonyl (C=O) groups is 2. The van der Waals surface area contributed by atoms with Crippen LogP contribution in [0.25, 0.3) is 0 Å². The van der Waals surface area contributed by atoms with Gasteiger partial charge in [0.1, 0.15) is 12.1 Å². The van der Waals surface area contributed by atoms with E-state index in [1.54, 1.807) is 13.8 Å². The molecule has 0 aromatic heterocycles. The lowest BCUT2D eigenvalue weighted by molar-refractivity contribution is -0.148. The molecule has 1 aliphatic rings. The lowest BCUT2D eigenvalue weighted by Gasteiger charge is -2.17. The summed E-state index contributed by atoms with van der Waals surface area (Å²) in [6.07, 6.45) is 0.447. The van der Waals surface area contributed by atoms with Gasteiger partial charge in [-0.2, -0.15) is 0 Å². The molecule has 1 rings (SSSR count). The van der Waals surface area contributed by atoms with Crippen molar-refractivity contribution >= 4 is 11.9 Å². The highest BCUT2D eigenvalue weighted by Crippen LogP contribution is 2.20. The van der Waals surface area contributed by atoms with Gasteiger partial charge in [-0.1, -0.05) is 6.92 Å². The van der Waals surface area contributed by atoms with E-state index in [2.05, 4.69) is 5.32 Å². The number of ether oxygens (including phenoxy) is 2. The van der Waals surface area contributed by atoms with Crippen molar-refractivity contribution in [3.8, 4) is 0 Å². The molecule has 0 aromatic rings. The minimum Gasteiger partial charge on any atom is -0.464 e. The van der Waals surface area contributed by atoms with Crippen molar-refractivity contribution in [1.82, 2.24) is 5.32 Å². The molecular weight excluding hydrogens is 210 g/mol. The summed E-state index contributed by atoms with van der Waals surface area (Å²) in [5.74, 6) is -0.443. The highest BCUT2D eigenvalue weighted by molar-refractivity contribution is 5.87. The van der Waals surface area contributed by atoms with Crippen molar-refractivity contribution in [2.75, 3.05) is 13.2 Å². The first kappa shape index (κ1) is 13.0. The van der Waals surface area contributed by atoms with Gasteiger partial charge in [-0.25, -0.2) is 4.79 Å². The van der Waals surface area contributed by atoms with Gasteiger partial charge in [0.15, 0.2) is 0 Å². The Morgan fingerprint density at radius 2 is 2.25 bits per heavy atom. The first-order chi connectivity index (χ1) is 7.56. The summed E-state index contributed by atoms with van der Waals surface area (Å²) in [6, 6.07) is -0.621. The Balaban J connectivity index is 2.41. The van der Waals surface area contributed by atoms with Crippen molar-refractivity contribution < 1.29 is 19.1 Å². The van der Waals surface area contributed by atoms with Crippen LogP contribution in [-0.4, -0.2) is 37.2 Å². The normalized spacial score (nSPS) is 26.2. The van der Waals surface area contributed by atoms with Crippen molar-refractivity contribution in [2.24, 2.45) is 5.92 Å². The maximum atomic E-state index is 11.7. The Morgan fingerprint density at radius 1 is 1.56 bits per heavy atom. The third-order valence-electron chi connectivity index (χ3n) is 2.64. The predicted octanol–water partition coefficient (Wildman–Crippen LogP) is 0.479. The molecule has 5 heteroatoms. The molecule has 92 valence electrons. The third kappa shape index (κ3) is 3.20. The lowest BCUT2D eigenvalue weighted by atomic mass is 10.0. The molecule has 0 aliphatic carbocycles. The predicted molar refractivity (Wildman–Crippen MR) is 57.8 cm³/mol. The summed E-state index contributed by atoms with van der Waals surface area (Å²) in [6.45, 7) is 6.22. The number of nitrogens with one attached hydrogen (secondary N) is 1. The second-order valence-corrected chi connectivity index (χ2v) is 4.04. The monoisotopic (exact) mass is 229 g/mol. The molecule has 1 heterocycles. The van der Waals surface area contributed by atoms with E-state index >= 15 is 0 Å². The summed E-state index contributed by atoms with van der Waals surface area (Å²) in [5.41, 5.74) is 0. The molecule has 3 atom stereocenters. The number of carbonyl (C=O) groups excluding carboxylic acids is 2. The fourth-order valence-electron chi connectivity index (χ4n) is 1.65. The Kier molecular flexibility index (Phi) is 4.73. The molecule has 0 aromatic carbocycles. The number of hydrogen-bond donors (Lipinski definition) is 1. The van der Waals surface area contributed by atoms with Crippen LogP contribution in [0.3, 0.4) is 0 Å². The van der Waals surface area contributed by atoms with Crippen LogP contribution in [0.2, 0.25) is 0 Å². The molecule has 1 N–H and O–H groups in total. The number of amides is 1. The number of esters is 1. The van der Waals surface area contributed by atoms with Crippen LogP contribution >= 0.6 is 0 Å². The summed E-state index contributed by atoms with van der Waals surface area (Å²) < 4.78 is 10.1. The van der Waals surface area contributed by atoms with E-state index in [1.165, 1.54) is 0 Å². The molecule has 1 amide bonds. The van der Waals surface area contributed by atoms with E-state index < -0.39 is 18.1 Å². The average Bonchev–Trinajstić information content (AvgIpc) is 2.64. The maximum Gasteiger partial charge on any atom is 0.328 e. The van der Waals surface area contributed by atoms with Crippen LogP contribution in [-0.2, 0) is 19.1 Å². The van der Waals surface area contributed by atoms with Gasteiger partial charge < -0.3 is 14.8 Å². The van der Waals surface area contributed by atoms with E-state index in [0.29, 0.717) is 13.2 Å². The van der Waals surface area contributed by atoms with Crippen LogP contribution in [0, 0.1) is 5.92 Å². The SMILES string of the molecule is CCOC(=O)C(C)NC(=O)C1OCCC1C. The van der Waals surface area contributed by atoms with Crippen molar-refractivity contribution in [1.29, 1.82) is 0 Å². The molecule has 1 saturated heterocycles. The summed E-state index contributed by atoms with van der Waals surface area (Å²) in [7, 11) is 0. The molecule has 3 unspecified atom stereocenters. The molecule has 1 fully saturated rings. The standard InChI is InChI=1S/C11H19NO4/c1-4-15-11(14)8(3)12-10(13)9-7(2)5-6-16-9/h7-9H,4-6H2,1-3H3,(H,12,13). The largest absolute Gasteiger partial charge is 0.464 e. The molecule has 0 bridgehead atoms. The van der Waals surface area contributed by atoms with E-state index in [-0.39, 0.29) is 11.8 Å². The zero-order valence-corrected chi connectivity index (χ0v) is 9.99. The first-order valence-corrected chi connectivity index (χ1v) is 5.64. The Morgan fingerprint density at radius 3 is 2.75 bits per heavy atom. The van der Waals surface area contributed by atoms with Gasteiger partial charge in [0.2, 0.25) is 5.91 Å². The molecule has 5 nitrogen and oxygen atoms in total. The van der Waals surface area contributed by atoms with E-state index in [9.17, 15) is 9.59 Å². The quantitative estimate of drug-likeness (QED) is 0.712. The molecular formula is C11H19NO4. The minimum absolute atomic E-state index is 0.203. The topological polar surface area (TPSA) is 64.6 Å². The van der Waals surface area contributed by atoms with Gasteiger partial charge in [-0.05, 0) is 26.2 Å². The molecule has 1 aliphatic heterocycles. The highest BCUT2D eigenvalue weighted by atomic mass is 16.5. The fourth-order valence-corrected chi connectivity index (χ4v) is 1.65. The van der Waals surface area contributed by atoms with E-state index in [4.69, 9.17) is 9.47 Å². The molecule has 0 saturated carbocycles. The van der Waals surface area contributed by atoms with Gasteiger partial charge in [-0.15, -0.1) is 0 Å². The number of rotatable bonds is 4. The van der Waals surface area contributed by atoms with E-state index in [1.807, 2.05) is 6.92 Å². The fraction of sp³-hybridized carbons (Fsp3) is 0.818. The first-order valence-electron chi connectivity index (χ1n) is 5.64. The highest BCUT2D eigenvalue weighted by Gasteiger charge is 2.32. The summed E-state index contributed by atoms with van der Waals surface area (Å²) in [4.78, 5) is 23.0.